The van der Waals surface area contributed by atoms with E-state index in [1.165, 1.54) is 0 Å². The summed E-state index contributed by atoms with van der Waals surface area (Å²) in [5.74, 6) is 0.624. The van der Waals surface area contributed by atoms with Crippen LogP contribution in [0.3, 0.4) is 0 Å². The number of aromatic hydroxyl groups is 1. The van der Waals surface area contributed by atoms with Crippen LogP contribution in [0.4, 0.5) is 5.69 Å². The zero-order chi connectivity index (χ0) is 13.2. The number of phenols is 1. The molecule has 3 aromatic rings. The first-order valence-electron chi connectivity index (χ1n) is 6.00. The molecule has 1 aromatic heterocycles. The number of hydrogen-bond acceptors (Lipinski definition) is 3. The number of nitrogens with two attached hydrogens (primary N) is 1. The van der Waals surface area contributed by atoms with Crippen molar-refractivity contribution < 1.29 is 9.84 Å². The summed E-state index contributed by atoms with van der Waals surface area (Å²) in [5.41, 5.74) is 8.47. The fourth-order valence-corrected chi connectivity index (χ4v) is 2.06. The summed E-state index contributed by atoms with van der Waals surface area (Å²) in [4.78, 5) is 3.16. The van der Waals surface area contributed by atoms with E-state index >= 15 is 0 Å². The van der Waals surface area contributed by atoms with E-state index in [2.05, 4.69) is 4.98 Å². The van der Waals surface area contributed by atoms with E-state index in [1.54, 1.807) is 18.2 Å². The maximum absolute atomic E-state index is 9.64. The predicted molar refractivity (Wildman–Crippen MR) is 75.1 cm³/mol. The molecule has 0 saturated carbocycles. The Morgan fingerprint density at radius 2 is 2.00 bits per heavy atom. The molecular formula is C15H14N2O2. The molecule has 0 atom stereocenters. The third kappa shape index (κ3) is 2.20. The van der Waals surface area contributed by atoms with Crippen molar-refractivity contribution in [1.82, 2.24) is 4.98 Å². The minimum absolute atomic E-state index is 0.145. The summed E-state index contributed by atoms with van der Waals surface area (Å²) in [6, 6.07) is 12.6. The van der Waals surface area contributed by atoms with Crippen LogP contribution in [0.1, 0.15) is 5.56 Å². The molecule has 2 aromatic carbocycles. The van der Waals surface area contributed by atoms with Crippen molar-refractivity contribution in [3.63, 3.8) is 0 Å². The first-order valence-corrected chi connectivity index (χ1v) is 6.00. The van der Waals surface area contributed by atoms with E-state index in [4.69, 9.17) is 10.5 Å². The second-order valence-corrected chi connectivity index (χ2v) is 4.38. The van der Waals surface area contributed by atoms with Crippen LogP contribution in [0.15, 0.2) is 48.7 Å². The van der Waals surface area contributed by atoms with Crippen LogP contribution in [-0.2, 0) is 6.61 Å². The van der Waals surface area contributed by atoms with Crippen LogP contribution < -0.4 is 10.5 Å². The van der Waals surface area contributed by atoms with Crippen LogP contribution in [0.5, 0.6) is 11.5 Å². The molecule has 0 radical (unpaired) electrons. The summed E-state index contributed by atoms with van der Waals surface area (Å²) >= 11 is 0. The lowest BCUT2D eigenvalue weighted by atomic mass is 10.2. The predicted octanol–water partition coefficient (Wildman–Crippen LogP) is 3.03. The molecule has 4 heteroatoms. The van der Waals surface area contributed by atoms with Crippen molar-refractivity contribution in [3.05, 3.63) is 54.2 Å². The molecule has 3 rings (SSSR count). The number of para-hydroxylation sites is 2. The quantitative estimate of drug-likeness (QED) is 0.629. The van der Waals surface area contributed by atoms with Gasteiger partial charge < -0.3 is 20.6 Å². The molecule has 0 saturated heterocycles. The maximum atomic E-state index is 9.64. The lowest BCUT2D eigenvalue weighted by Gasteiger charge is -2.07. The van der Waals surface area contributed by atoms with Gasteiger partial charge in [0, 0.05) is 28.4 Å². The van der Waals surface area contributed by atoms with Gasteiger partial charge in [0.25, 0.3) is 0 Å². The fraction of sp³-hybridized carbons (Fsp3) is 0.0667. The minimum Gasteiger partial charge on any atom is -0.504 e. The van der Waals surface area contributed by atoms with Crippen molar-refractivity contribution >= 4 is 16.6 Å². The summed E-state index contributed by atoms with van der Waals surface area (Å²) in [6.07, 6.45) is 1.89. The number of fused-ring (bicyclic) bond motifs is 1. The van der Waals surface area contributed by atoms with E-state index in [-0.39, 0.29) is 5.75 Å². The van der Waals surface area contributed by atoms with Crippen molar-refractivity contribution in [2.45, 2.75) is 6.61 Å². The third-order valence-electron chi connectivity index (χ3n) is 3.04. The minimum atomic E-state index is 0.145. The highest BCUT2D eigenvalue weighted by molar-refractivity contribution is 5.85. The van der Waals surface area contributed by atoms with Crippen LogP contribution in [0.25, 0.3) is 10.9 Å². The zero-order valence-corrected chi connectivity index (χ0v) is 10.3. The van der Waals surface area contributed by atoms with Crippen molar-refractivity contribution in [2.75, 3.05) is 5.73 Å². The first kappa shape index (κ1) is 11.5. The maximum Gasteiger partial charge on any atom is 0.161 e. The summed E-state index contributed by atoms with van der Waals surface area (Å²) in [6.45, 7) is 0.390. The molecule has 0 bridgehead atoms. The van der Waals surface area contributed by atoms with Gasteiger partial charge in [0.1, 0.15) is 6.61 Å². The lowest BCUT2D eigenvalue weighted by Crippen LogP contribution is -1.94. The Bertz CT molecular complexity index is 719. The third-order valence-corrected chi connectivity index (χ3v) is 3.04. The average molecular weight is 254 g/mol. The highest BCUT2D eigenvalue weighted by atomic mass is 16.5. The van der Waals surface area contributed by atoms with Crippen molar-refractivity contribution in [2.24, 2.45) is 0 Å². The van der Waals surface area contributed by atoms with Gasteiger partial charge in [-0.3, -0.25) is 0 Å². The number of hydrogen-bond donors (Lipinski definition) is 3. The van der Waals surface area contributed by atoms with E-state index in [0.29, 0.717) is 12.4 Å². The summed E-state index contributed by atoms with van der Waals surface area (Å²) in [7, 11) is 0. The van der Waals surface area contributed by atoms with Gasteiger partial charge in [-0.25, -0.2) is 0 Å². The van der Waals surface area contributed by atoms with Gasteiger partial charge in [0.2, 0.25) is 0 Å². The first-order chi connectivity index (χ1) is 9.24. The topological polar surface area (TPSA) is 71.3 Å². The number of nitrogens with one attached hydrogen (secondary N) is 1. The normalized spacial score (nSPS) is 10.7. The number of aromatic amines is 1. The number of phenolic OH excluding ortho intramolecular Hbond substituents is 1. The molecular weight excluding hydrogens is 240 g/mol. The summed E-state index contributed by atoms with van der Waals surface area (Å²) in [5, 5.41) is 10.7. The van der Waals surface area contributed by atoms with Gasteiger partial charge in [-0.15, -0.1) is 0 Å². The molecule has 19 heavy (non-hydrogen) atoms. The molecule has 4 N–H and O–H groups in total. The number of rotatable bonds is 3. The molecule has 0 aliphatic heterocycles. The summed E-state index contributed by atoms with van der Waals surface area (Å²) < 4.78 is 5.62. The Kier molecular flexibility index (Phi) is 2.76. The smallest absolute Gasteiger partial charge is 0.161 e. The lowest BCUT2D eigenvalue weighted by molar-refractivity contribution is 0.290. The van der Waals surface area contributed by atoms with Crippen LogP contribution in [-0.4, -0.2) is 10.1 Å². The van der Waals surface area contributed by atoms with Crippen LogP contribution >= 0.6 is 0 Å². The molecule has 0 fully saturated rings. The Labute approximate surface area is 110 Å². The van der Waals surface area contributed by atoms with Gasteiger partial charge in [-0.2, -0.15) is 0 Å². The van der Waals surface area contributed by atoms with Crippen LogP contribution in [0.2, 0.25) is 0 Å². The Morgan fingerprint density at radius 1 is 1.16 bits per heavy atom. The highest BCUT2D eigenvalue weighted by Gasteiger charge is 2.06. The fourth-order valence-electron chi connectivity index (χ4n) is 2.06. The van der Waals surface area contributed by atoms with Gasteiger partial charge in [-0.05, 0) is 24.3 Å². The Hall–Kier alpha value is -2.62. The molecule has 0 aliphatic carbocycles. The average Bonchev–Trinajstić information content (AvgIpc) is 2.80. The second-order valence-electron chi connectivity index (χ2n) is 4.38. The number of nitrogen functional groups attached to an aromatic ring is 1. The monoisotopic (exact) mass is 254 g/mol. The molecule has 1 heterocycles. The van der Waals surface area contributed by atoms with Gasteiger partial charge in [-0.1, -0.05) is 18.2 Å². The molecule has 0 unspecified atom stereocenters. The van der Waals surface area contributed by atoms with Gasteiger partial charge in [0.05, 0.1) is 0 Å². The molecule has 96 valence electrons. The number of ether oxygens (including phenoxy) is 1. The Morgan fingerprint density at radius 3 is 2.84 bits per heavy atom. The number of benzene rings is 2. The van der Waals surface area contributed by atoms with Crippen molar-refractivity contribution in [1.29, 1.82) is 0 Å². The molecule has 0 spiro atoms. The molecule has 0 aliphatic rings. The van der Waals surface area contributed by atoms with Crippen molar-refractivity contribution in [3.8, 4) is 11.5 Å². The molecule has 4 nitrogen and oxygen atoms in total. The highest BCUT2D eigenvalue weighted by Crippen LogP contribution is 2.27. The van der Waals surface area contributed by atoms with E-state index < -0.39 is 0 Å². The number of anilines is 1. The van der Waals surface area contributed by atoms with E-state index in [0.717, 1.165) is 22.2 Å². The largest absolute Gasteiger partial charge is 0.504 e. The van der Waals surface area contributed by atoms with Gasteiger partial charge >= 0.3 is 0 Å². The zero-order valence-electron chi connectivity index (χ0n) is 10.3. The molecule has 0 amide bonds. The standard InChI is InChI=1S/C15H14N2O2/c16-11-5-6-12-10(8-17-13(12)7-11)9-19-15-4-2-1-3-14(15)18/h1-8,17-18H,9,16H2. The van der Waals surface area contributed by atoms with E-state index in [9.17, 15) is 5.11 Å². The Balaban J connectivity index is 1.84. The van der Waals surface area contributed by atoms with Gasteiger partial charge in [0.15, 0.2) is 11.5 Å². The number of H-pyrrole nitrogens is 1. The second kappa shape index (κ2) is 4.57. The number of aromatic nitrogens is 1. The van der Waals surface area contributed by atoms with E-state index in [1.807, 2.05) is 30.5 Å². The van der Waals surface area contributed by atoms with Crippen LogP contribution in [0, 0.1) is 0 Å². The SMILES string of the molecule is Nc1ccc2c(COc3ccccc3O)c[nH]c2c1.